The summed E-state index contributed by atoms with van der Waals surface area (Å²) in [6.07, 6.45) is 6.62. The number of imidazole rings is 1. The van der Waals surface area contributed by atoms with Gasteiger partial charge in [0, 0.05) is 19.4 Å². The van der Waals surface area contributed by atoms with Gasteiger partial charge in [0.05, 0.1) is 12.0 Å². The predicted molar refractivity (Wildman–Crippen MR) is 77.0 cm³/mol. The van der Waals surface area contributed by atoms with Gasteiger partial charge in [0.2, 0.25) is 5.91 Å². The molecule has 2 aromatic rings. The monoisotopic (exact) mass is 269 g/mol. The van der Waals surface area contributed by atoms with Gasteiger partial charge in [-0.3, -0.25) is 4.79 Å². The van der Waals surface area contributed by atoms with E-state index in [0.29, 0.717) is 6.54 Å². The molecule has 1 saturated carbocycles. The van der Waals surface area contributed by atoms with Crippen molar-refractivity contribution in [1.82, 2.24) is 14.9 Å². The molecule has 0 atom stereocenters. The molecular weight excluding hydrogens is 250 g/mol. The number of nitrogens with zero attached hydrogens (tertiary/aromatic N) is 2. The number of amides is 1. The number of rotatable bonds is 4. The van der Waals surface area contributed by atoms with Gasteiger partial charge >= 0.3 is 0 Å². The van der Waals surface area contributed by atoms with Gasteiger partial charge < -0.3 is 9.88 Å². The lowest BCUT2D eigenvalue weighted by Gasteiger charge is -2.40. The van der Waals surface area contributed by atoms with Crippen molar-refractivity contribution in [3.63, 3.8) is 0 Å². The minimum atomic E-state index is -0.327. The lowest BCUT2D eigenvalue weighted by Crippen LogP contribution is -2.49. The van der Waals surface area contributed by atoms with Crippen LogP contribution >= 0.6 is 0 Å². The molecule has 20 heavy (non-hydrogen) atoms. The van der Waals surface area contributed by atoms with Crippen molar-refractivity contribution >= 4 is 5.91 Å². The van der Waals surface area contributed by atoms with E-state index in [1.165, 1.54) is 0 Å². The molecular formula is C16H19N3O. The van der Waals surface area contributed by atoms with Crippen molar-refractivity contribution in [3.05, 3.63) is 54.1 Å². The Hall–Kier alpha value is -2.10. The van der Waals surface area contributed by atoms with Gasteiger partial charge in [-0.15, -0.1) is 0 Å². The van der Waals surface area contributed by atoms with Crippen molar-refractivity contribution in [2.24, 2.45) is 7.05 Å². The van der Waals surface area contributed by atoms with Gasteiger partial charge in [-0.25, -0.2) is 4.98 Å². The molecule has 1 fully saturated rings. The molecule has 1 amide bonds. The summed E-state index contributed by atoms with van der Waals surface area (Å²) >= 11 is 0. The molecule has 0 radical (unpaired) electrons. The normalized spacial score (nSPS) is 16.4. The number of aromatic nitrogens is 2. The lowest BCUT2D eigenvalue weighted by molar-refractivity contribution is -0.130. The molecule has 1 aromatic carbocycles. The first-order valence-electron chi connectivity index (χ1n) is 7.02. The molecule has 1 aromatic heterocycles. The standard InChI is InChI=1S/C16H19N3O/c1-19-11-10-17-14(19)12-18-15(20)16(8-5-9-16)13-6-3-2-4-7-13/h2-4,6-7,10-11H,5,8-9,12H2,1H3,(H,18,20). The molecule has 0 bridgehead atoms. The summed E-state index contributed by atoms with van der Waals surface area (Å²) in [4.78, 5) is 16.8. The summed E-state index contributed by atoms with van der Waals surface area (Å²) in [5.74, 6) is 0.999. The van der Waals surface area contributed by atoms with E-state index >= 15 is 0 Å². The van der Waals surface area contributed by atoms with Crippen LogP contribution < -0.4 is 5.32 Å². The molecule has 1 N–H and O–H groups in total. The van der Waals surface area contributed by atoms with Crippen molar-refractivity contribution in [2.75, 3.05) is 0 Å². The molecule has 0 spiro atoms. The van der Waals surface area contributed by atoms with Crippen molar-refractivity contribution in [3.8, 4) is 0 Å². The minimum absolute atomic E-state index is 0.123. The number of carbonyl (C=O) groups is 1. The van der Waals surface area contributed by atoms with Gasteiger partial charge in [-0.2, -0.15) is 0 Å². The smallest absolute Gasteiger partial charge is 0.231 e. The maximum Gasteiger partial charge on any atom is 0.231 e. The van der Waals surface area contributed by atoms with Crippen LogP contribution in [0.4, 0.5) is 0 Å². The van der Waals surface area contributed by atoms with Gasteiger partial charge in [0.1, 0.15) is 5.82 Å². The quantitative estimate of drug-likeness (QED) is 0.924. The Balaban J connectivity index is 1.74. The Bertz CT molecular complexity index is 599. The van der Waals surface area contributed by atoms with Crippen molar-refractivity contribution < 1.29 is 4.79 Å². The second kappa shape index (κ2) is 5.12. The van der Waals surface area contributed by atoms with E-state index in [1.807, 2.05) is 36.0 Å². The van der Waals surface area contributed by atoms with Gasteiger partial charge in [0.15, 0.2) is 0 Å². The molecule has 1 heterocycles. The maximum absolute atomic E-state index is 12.6. The lowest BCUT2D eigenvalue weighted by atomic mass is 9.64. The second-order valence-corrected chi connectivity index (χ2v) is 5.44. The first kappa shape index (κ1) is 12.9. The maximum atomic E-state index is 12.6. The van der Waals surface area contributed by atoms with E-state index < -0.39 is 0 Å². The highest BCUT2D eigenvalue weighted by molar-refractivity contribution is 5.89. The Kier molecular flexibility index (Phi) is 3.30. The van der Waals surface area contributed by atoms with Crippen LogP contribution in [-0.2, 0) is 23.8 Å². The second-order valence-electron chi connectivity index (χ2n) is 5.44. The summed E-state index contributed by atoms with van der Waals surface area (Å²) in [6, 6.07) is 10.1. The third kappa shape index (κ3) is 2.11. The van der Waals surface area contributed by atoms with E-state index in [4.69, 9.17) is 0 Å². The average Bonchev–Trinajstić information content (AvgIpc) is 2.82. The van der Waals surface area contributed by atoms with E-state index in [0.717, 1.165) is 30.7 Å². The molecule has 0 aliphatic heterocycles. The van der Waals surface area contributed by atoms with Gasteiger partial charge in [0.25, 0.3) is 0 Å². The van der Waals surface area contributed by atoms with Crippen LogP contribution in [0, 0.1) is 0 Å². The summed E-state index contributed by atoms with van der Waals surface area (Å²) in [6.45, 7) is 0.483. The van der Waals surface area contributed by atoms with Crippen LogP contribution in [0.15, 0.2) is 42.7 Å². The molecule has 3 rings (SSSR count). The third-order valence-electron chi connectivity index (χ3n) is 4.30. The van der Waals surface area contributed by atoms with Crippen LogP contribution in [0.3, 0.4) is 0 Å². The molecule has 4 heteroatoms. The van der Waals surface area contributed by atoms with Crippen LogP contribution in [-0.4, -0.2) is 15.5 Å². The fourth-order valence-corrected chi connectivity index (χ4v) is 2.83. The topological polar surface area (TPSA) is 46.9 Å². The summed E-state index contributed by atoms with van der Waals surface area (Å²) in [5.41, 5.74) is 0.801. The molecule has 1 aliphatic carbocycles. The zero-order chi connectivity index (χ0) is 14.0. The van der Waals surface area contributed by atoms with Crippen LogP contribution in [0.5, 0.6) is 0 Å². The van der Waals surface area contributed by atoms with Gasteiger partial charge in [-0.05, 0) is 18.4 Å². The first-order valence-corrected chi connectivity index (χ1v) is 7.02. The molecule has 104 valence electrons. The summed E-state index contributed by atoms with van der Waals surface area (Å²) in [5, 5.41) is 3.04. The zero-order valence-electron chi connectivity index (χ0n) is 11.7. The first-order chi connectivity index (χ1) is 9.72. The molecule has 0 unspecified atom stereocenters. The van der Waals surface area contributed by atoms with Crippen LogP contribution in [0.1, 0.15) is 30.7 Å². The Labute approximate surface area is 118 Å². The van der Waals surface area contributed by atoms with Crippen molar-refractivity contribution in [1.29, 1.82) is 0 Å². The number of hydrogen-bond acceptors (Lipinski definition) is 2. The van der Waals surface area contributed by atoms with E-state index in [2.05, 4.69) is 22.4 Å². The average molecular weight is 269 g/mol. The largest absolute Gasteiger partial charge is 0.348 e. The molecule has 1 aliphatic rings. The van der Waals surface area contributed by atoms with Gasteiger partial charge in [-0.1, -0.05) is 36.8 Å². The van der Waals surface area contributed by atoms with E-state index in [-0.39, 0.29) is 11.3 Å². The predicted octanol–water partition coefficient (Wildman–Crippen LogP) is 2.16. The SMILES string of the molecule is Cn1ccnc1CNC(=O)C1(c2ccccc2)CCC1. The molecule has 0 saturated heterocycles. The summed E-state index contributed by atoms with van der Waals surface area (Å²) in [7, 11) is 1.94. The minimum Gasteiger partial charge on any atom is -0.348 e. The number of hydrogen-bond donors (Lipinski definition) is 1. The number of aryl methyl sites for hydroxylation is 1. The van der Waals surface area contributed by atoms with E-state index in [1.54, 1.807) is 6.20 Å². The Morgan fingerprint density at radius 1 is 1.35 bits per heavy atom. The number of carbonyl (C=O) groups excluding carboxylic acids is 1. The Morgan fingerprint density at radius 3 is 2.65 bits per heavy atom. The zero-order valence-corrected chi connectivity index (χ0v) is 11.7. The van der Waals surface area contributed by atoms with Crippen LogP contribution in [0.2, 0.25) is 0 Å². The highest BCUT2D eigenvalue weighted by Gasteiger charge is 2.45. The summed E-state index contributed by atoms with van der Waals surface area (Å²) < 4.78 is 1.93. The molecule has 4 nitrogen and oxygen atoms in total. The number of nitrogens with one attached hydrogen (secondary N) is 1. The van der Waals surface area contributed by atoms with E-state index in [9.17, 15) is 4.79 Å². The fraction of sp³-hybridized carbons (Fsp3) is 0.375. The highest BCUT2D eigenvalue weighted by Crippen LogP contribution is 2.43. The van der Waals surface area contributed by atoms with Crippen LogP contribution in [0.25, 0.3) is 0 Å². The third-order valence-corrected chi connectivity index (χ3v) is 4.30. The van der Waals surface area contributed by atoms with Crippen molar-refractivity contribution in [2.45, 2.75) is 31.2 Å². The highest BCUT2D eigenvalue weighted by atomic mass is 16.2. The fourth-order valence-electron chi connectivity index (χ4n) is 2.83. The number of benzene rings is 1. The Morgan fingerprint density at radius 2 is 2.10 bits per heavy atom.